The van der Waals surface area contributed by atoms with E-state index in [4.69, 9.17) is 0 Å². The highest BCUT2D eigenvalue weighted by atomic mass is 16.2. The maximum atomic E-state index is 11.9. The van der Waals surface area contributed by atoms with Crippen LogP contribution >= 0.6 is 0 Å². The third-order valence-electron chi connectivity index (χ3n) is 2.27. The van der Waals surface area contributed by atoms with Crippen LogP contribution in [-0.4, -0.2) is 54.3 Å². The Morgan fingerprint density at radius 3 is 2.47 bits per heavy atom. The summed E-state index contributed by atoms with van der Waals surface area (Å²) in [5, 5.41) is 0. The Morgan fingerprint density at radius 1 is 1.29 bits per heavy atom. The molecule has 0 aliphatic carbocycles. The van der Waals surface area contributed by atoms with Crippen molar-refractivity contribution in [2.45, 2.75) is 0 Å². The molecule has 17 heavy (non-hydrogen) atoms. The fourth-order valence-corrected chi connectivity index (χ4v) is 1.21. The number of hydrogen-bond acceptors (Lipinski definition) is 3. The summed E-state index contributed by atoms with van der Waals surface area (Å²) in [6, 6.07) is 1.27. The maximum absolute atomic E-state index is 11.9. The van der Waals surface area contributed by atoms with Gasteiger partial charge in [0.05, 0.1) is 6.54 Å². The Morgan fingerprint density at radius 2 is 1.94 bits per heavy atom. The number of rotatable bonds is 3. The molecule has 0 spiro atoms. The van der Waals surface area contributed by atoms with Crippen LogP contribution in [0.25, 0.3) is 0 Å². The molecule has 2 amide bonds. The van der Waals surface area contributed by atoms with E-state index in [0.717, 1.165) is 0 Å². The second-order valence-corrected chi connectivity index (χ2v) is 3.87. The molecule has 0 saturated heterocycles. The number of amides is 2. The summed E-state index contributed by atoms with van der Waals surface area (Å²) in [5.74, 6) is -0.671. The van der Waals surface area contributed by atoms with Crippen molar-refractivity contribution >= 4 is 11.8 Å². The van der Waals surface area contributed by atoms with E-state index in [1.807, 2.05) is 0 Å². The van der Waals surface area contributed by atoms with Gasteiger partial charge in [-0.1, -0.05) is 0 Å². The third kappa shape index (κ3) is 3.17. The smallest absolute Gasteiger partial charge is 0.259 e. The zero-order valence-electron chi connectivity index (χ0n) is 10.1. The van der Waals surface area contributed by atoms with Crippen LogP contribution in [0.15, 0.2) is 23.3 Å². The monoisotopic (exact) mass is 237 g/mol. The van der Waals surface area contributed by atoms with Gasteiger partial charge in [-0.2, -0.15) is 0 Å². The van der Waals surface area contributed by atoms with Crippen molar-refractivity contribution in [2.24, 2.45) is 0 Å². The van der Waals surface area contributed by atoms with Gasteiger partial charge >= 0.3 is 0 Å². The van der Waals surface area contributed by atoms with Crippen LogP contribution < -0.4 is 5.43 Å². The van der Waals surface area contributed by atoms with Gasteiger partial charge in [0.2, 0.25) is 5.91 Å². The number of aromatic nitrogens is 1. The van der Waals surface area contributed by atoms with Crippen LogP contribution in [0.4, 0.5) is 0 Å². The summed E-state index contributed by atoms with van der Waals surface area (Å²) in [5.41, 5.74) is -0.334. The molecule has 0 radical (unpaired) electrons. The van der Waals surface area contributed by atoms with Gasteiger partial charge in [0, 0.05) is 39.6 Å². The number of H-pyrrole nitrogens is 1. The number of hydrogen-bond donors (Lipinski definition) is 1. The fraction of sp³-hybridized carbons (Fsp3) is 0.364. The van der Waals surface area contributed by atoms with E-state index in [-0.39, 0.29) is 23.4 Å². The number of nitrogens with zero attached hydrogens (tertiary/aromatic N) is 2. The summed E-state index contributed by atoms with van der Waals surface area (Å²) in [6.07, 6.45) is 2.78. The summed E-state index contributed by atoms with van der Waals surface area (Å²) in [7, 11) is 4.70. The minimum atomic E-state index is -0.470. The number of carbonyl (C=O) groups is 2. The molecule has 0 aromatic carbocycles. The van der Waals surface area contributed by atoms with E-state index in [9.17, 15) is 14.4 Å². The average Bonchev–Trinajstić information content (AvgIpc) is 2.28. The van der Waals surface area contributed by atoms with Crippen molar-refractivity contribution in [2.75, 3.05) is 27.7 Å². The molecule has 0 fully saturated rings. The van der Waals surface area contributed by atoms with Gasteiger partial charge in [0.1, 0.15) is 5.56 Å². The van der Waals surface area contributed by atoms with Crippen LogP contribution in [0.2, 0.25) is 0 Å². The molecule has 1 rings (SSSR count). The van der Waals surface area contributed by atoms with Crippen LogP contribution in [-0.2, 0) is 4.79 Å². The van der Waals surface area contributed by atoms with Crippen LogP contribution in [0, 0.1) is 0 Å². The van der Waals surface area contributed by atoms with Crippen molar-refractivity contribution in [3.05, 3.63) is 34.2 Å². The molecular formula is C11H15N3O3. The highest BCUT2D eigenvalue weighted by Gasteiger charge is 2.17. The second-order valence-electron chi connectivity index (χ2n) is 3.87. The molecule has 6 nitrogen and oxygen atoms in total. The predicted molar refractivity (Wildman–Crippen MR) is 62.7 cm³/mol. The number of pyridine rings is 1. The minimum Gasteiger partial charge on any atom is -0.367 e. The molecule has 0 unspecified atom stereocenters. The predicted octanol–water partition coefficient (Wildman–Crippen LogP) is -0.465. The molecule has 1 aromatic rings. The molecule has 0 saturated carbocycles. The zero-order valence-corrected chi connectivity index (χ0v) is 10.1. The summed E-state index contributed by atoms with van der Waals surface area (Å²) < 4.78 is 0. The second kappa shape index (κ2) is 5.29. The Labute approximate surface area is 98.8 Å². The number of aromatic amines is 1. The van der Waals surface area contributed by atoms with Crippen molar-refractivity contribution in [1.29, 1.82) is 0 Å². The van der Waals surface area contributed by atoms with Crippen molar-refractivity contribution in [1.82, 2.24) is 14.8 Å². The lowest BCUT2D eigenvalue weighted by atomic mass is 10.2. The van der Waals surface area contributed by atoms with Crippen LogP contribution in [0.3, 0.4) is 0 Å². The average molecular weight is 237 g/mol. The van der Waals surface area contributed by atoms with E-state index in [1.54, 1.807) is 14.1 Å². The Hall–Kier alpha value is -2.11. The fourth-order valence-electron chi connectivity index (χ4n) is 1.21. The van der Waals surface area contributed by atoms with Crippen molar-refractivity contribution in [3.63, 3.8) is 0 Å². The Kier molecular flexibility index (Phi) is 4.03. The first-order valence-electron chi connectivity index (χ1n) is 5.06. The van der Waals surface area contributed by atoms with Gasteiger partial charge in [-0.3, -0.25) is 14.4 Å². The SMILES string of the molecule is CN(C)C(=O)CN(C)C(=O)c1c[nH]ccc1=O. The first-order chi connectivity index (χ1) is 7.93. The van der Waals surface area contributed by atoms with Crippen molar-refractivity contribution < 1.29 is 9.59 Å². The van der Waals surface area contributed by atoms with E-state index >= 15 is 0 Å². The maximum Gasteiger partial charge on any atom is 0.259 e. The van der Waals surface area contributed by atoms with Gasteiger partial charge in [-0.05, 0) is 0 Å². The molecule has 0 aliphatic rings. The molecule has 1 aromatic heterocycles. The molecule has 1 N–H and O–H groups in total. The highest BCUT2D eigenvalue weighted by molar-refractivity contribution is 5.95. The Bertz CT molecular complexity index is 479. The van der Waals surface area contributed by atoms with E-state index in [1.165, 1.54) is 35.3 Å². The molecule has 0 atom stereocenters. The first-order valence-corrected chi connectivity index (χ1v) is 5.06. The quantitative estimate of drug-likeness (QED) is 0.772. The van der Waals surface area contributed by atoms with E-state index in [2.05, 4.69) is 4.98 Å². The molecule has 0 bridgehead atoms. The van der Waals surface area contributed by atoms with Gasteiger partial charge in [0.25, 0.3) is 5.91 Å². The number of likely N-dealkylation sites (N-methyl/N-ethyl adjacent to an activating group) is 2. The lowest BCUT2D eigenvalue weighted by Gasteiger charge is -2.18. The standard InChI is InChI=1S/C11H15N3O3/c1-13(2)10(16)7-14(3)11(17)8-6-12-5-4-9(8)15/h4-6H,7H2,1-3H3,(H,12,15). The van der Waals surface area contributed by atoms with Crippen molar-refractivity contribution in [3.8, 4) is 0 Å². The Balaban J connectivity index is 2.81. The van der Waals surface area contributed by atoms with E-state index in [0.29, 0.717) is 0 Å². The van der Waals surface area contributed by atoms with Gasteiger partial charge in [-0.25, -0.2) is 0 Å². The lowest BCUT2D eigenvalue weighted by molar-refractivity contribution is -0.129. The first kappa shape index (κ1) is 13.0. The topological polar surface area (TPSA) is 73.5 Å². The minimum absolute atomic E-state index is 0.0292. The van der Waals surface area contributed by atoms with E-state index < -0.39 is 5.91 Å². The lowest BCUT2D eigenvalue weighted by Crippen LogP contribution is -2.39. The highest BCUT2D eigenvalue weighted by Crippen LogP contribution is 1.96. The summed E-state index contributed by atoms with van der Waals surface area (Å²) in [4.78, 5) is 40.0. The van der Waals surface area contributed by atoms with Crippen LogP contribution in [0.1, 0.15) is 10.4 Å². The summed E-state index contributed by atoms with van der Waals surface area (Å²) in [6.45, 7) is -0.0554. The third-order valence-corrected chi connectivity index (χ3v) is 2.27. The molecular weight excluding hydrogens is 222 g/mol. The van der Waals surface area contributed by atoms with Gasteiger partial charge in [0.15, 0.2) is 5.43 Å². The molecule has 6 heteroatoms. The normalized spacial score (nSPS) is 9.82. The van der Waals surface area contributed by atoms with Gasteiger partial charge < -0.3 is 14.8 Å². The van der Waals surface area contributed by atoms with Crippen LogP contribution in [0.5, 0.6) is 0 Å². The zero-order chi connectivity index (χ0) is 13.0. The number of nitrogens with one attached hydrogen (secondary N) is 1. The number of carbonyl (C=O) groups excluding carboxylic acids is 2. The summed E-state index contributed by atoms with van der Waals surface area (Å²) >= 11 is 0. The largest absolute Gasteiger partial charge is 0.367 e. The molecule has 0 aliphatic heterocycles. The molecule has 1 heterocycles. The van der Waals surface area contributed by atoms with Gasteiger partial charge in [-0.15, -0.1) is 0 Å². The molecule has 92 valence electrons.